The Morgan fingerprint density at radius 1 is 1.19 bits per heavy atom. The van der Waals surface area contributed by atoms with Crippen LogP contribution in [0.15, 0.2) is 42.5 Å². The molecular weight excluding hydrogens is 350 g/mol. The van der Waals surface area contributed by atoms with Crippen LogP contribution in [0.5, 0.6) is 5.75 Å². The Hall–Kier alpha value is -2.93. The van der Waals surface area contributed by atoms with Crippen molar-refractivity contribution in [2.45, 2.75) is 6.92 Å². The van der Waals surface area contributed by atoms with Crippen LogP contribution in [0.25, 0.3) is 10.2 Å². The standard InChI is InChI=1S/C19H19N3O3S/c1-12(23)13-7-9-14(10-8-13)20-17(24)11-22(2)19-21-18-15(25-3)5-4-6-16(18)26-19/h4-10H,11H2,1-3H3,(H,20,24). The lowest BCUT2D eigenvalue weighted by atomic mass is 10.1. The van der Waals surface area contributed by atoms with Gasteiger partial charge in [0.15, 0.2) is 10.9 Å². The molecule has 0 aliphatic rings. The van der Waals surface area contributed by atoms with Gasteiger partial charge in [-0.25, -0.2) is 4.98 Å². The zero-order valence-electron chi connectivity index (χ0n) is 14.8. The number of anilines is 2. The van der Waals surface area contributed by atoms with E-state index in [0.717, 1.165) is 15.3 Å². The summed E-state index contributed by atoms with van der Waals surface area (Å²) in [5, 5.41) is 3.57. The van der Waals surface area contributed by atoms with Crippen LogP contribution in [-0.4, -0.2) is 37.4 Å². The Morgan fingerprint density at radius 3 is 2.58 bits per heavy atom. The highest BCUT2D eigenvalue weighted by molar-refractivity contribution is 7.22. The topological polar surface area (TPSA) is 71.5 Å². The maximum Gasteiger partial charge on any atom is 0.243 e. The molecule has 0 fully saturated rings. The average molecular weight is 369 g/mol. The number of carbonyl (C=O) groups excluding carboxylic acids is 2. The number of aromatic nitrogens is 1. The SMILES string of the molecule is COc1cccc2sc(N(C)CC(=O)Nc3ccc(C(C)=O)cc3)nc12. The molecule has 3 rings (SSSR count). The minimum Gasteiger partial charge on any atom is -0.494 e. The van der Waals surface area contributed by atoms with Crippen molar-refractivity contribution < 1.29 is 14.3 Å². The molecule has 0 spiro atoms. The number of benzene rings is 2. The van der Waals surface area contributed by atoms with Crippen LogP contribution in [0.3, 0.4) is 0 Å². The Morgan fingerprint density at radius 2 is 1.92 bits per heavy atom. The first kappa shape index (κ1) is 17.9. The number of amides is 1. The summed E-state index contributed by atoms with van der Waals surface area (Å²) in [6.07, 6.45) is 0. The number of nitrogens with zero attached hydrogens (tertiary/aromatic N) is 2. The van der Waals surface area contributed by atoms with Crippen LogP contribution in [0.4, 0.5) is 10.8 Å². The van der Waals surface area contributed by atoms with Crippen molar-refractivity contribution >= 4 is 44.1 Å². The first-order chi connectivity index (χ1) is 12.5. The third-order valence-electron chi connectivity index (χ3n) is 3.87. The number of likely N-dealkylation sites (N-methyl/N-ethyl adjacent to an activating group) is 1. The van der Waals surface area contributed by atoms with E-state index in [4.69, 9.17) is 4.74 Å². The second-order valence-corrected chi connectivity index (χ2v) is 6.85. The van der Waals surface area contributed by atoms with E-state index in [2.05, 4.69) is 10.3 Å². The number of para-hydroxylation sites is 1. The number of ether oxygens (including phenoxy) is 1. The van der Waals surface area contributed by atoms with E-state index in [0.29, 0.717) is 17.0 Å². The van der Waals surface area contributed by atoms with Gasteiger partial charge in [-0.05, 0) is 43.3 Å². The van der Waals surface area contributed by atoms with Crippen LogP contribution in [0.2, 0.25) is 0 Å². The predicted octanol–water partition coefficient (Wildman–Crippen LogP) is 3.58. The third kappa shape index (κ3) is 3.83. The highest BCUT2D eigenvalue weighted by Gasteiger charge is 2.14. The molecule has 1 amide bonds. The van der Waals surface area contributed by atoms with E-state index in [9.17, 15) is 9.59 Å². The van der Waals surface area contributed by atoms with Gasteiger partial charge in [-0.15, -0.1) is 0 Å². The molecule has 0 radical (unpaired) electrons. The smallest absolute Gasteiger partial charge is 0.243 e. The molecule has 1 aromatic heterocycles. The highest BCUT2D eigenvalue weighted by atomic mass is 32.1. The van der Waals surface area contributed by atoms with E-state index in [1.807, 2.05) is 25.2 Å². The van der Waals surface area contributed by atoms with Gasteiger partial charge in [-0.1, -0.05) is 17.4 Å². The molecule has 7 heteroatoms. The molecular formula is C19H19N3O3S. The van der Waals surface area contributed by atoms with Crippen molar-refractivity contribution in [3.05, 3.63) is 48.0 Å². The van der Waals surface area contributed by atoms with Gasteiger partial charge in [0.2, 0.25) is 5.91 Å². The summed E-state index contributed by atoms with van der Waals surface area (Å²) in [4.78, 5) is 29.9. The Balaban J connectivity index is 1.68. The van der Waals surface area contributed by atoms with Crippen LogP contribution in [0, 0.1) is 0 Å². The fourth-order valence-electron chi connectivity index (χ4n) is 2.51. The monoisotopic (exact) mass is 369 g/mol. The molecule has 1 N–H and O–H groups in total. The van der Waals surface area contributed by atoms with Gasteiger partial charge in [-0.3, -0.25) is 9.59 Å². The highest BCUT2D eigenvalue weighted by Crippen LogP contribution is 2.33. The lowest BCUT2D eigenvalue weighted by Gasteiger charge is -2.15. The first-order valence-electron chi connectivity index (χ1n) is 8.03. The molecule has 6 nitrogen and oxygen atoms in total. The Kier molecular flexibility index (Phi) is 5.18. The van der Waals surface area contributed by atoms with E-state index < -0.39 is 0 Å². The van der Waals surface area contributed by atoms with E-state index in [-0.39, 0.29) is 18.2 Å². The van der Waals surface area contributed by atoms with Crippen molar-refractivity contribution in [3.63, 3.8) is 0 Å². The van der Waals surface area contributed by atoms with Crippen molar-refractivity contribution in [3.8, 4) is 5.75 Å². The Bertz CT molecular complexity index is 950. The number of thiazole rings is 1. The van der Waals surface area contributed by atoms with E-state index in [1.165, 1.54) is 18.3 Å². The molecule has 3 aromatic rings. The van der Waals surface area contributed by atoms with Crippen molar-refractivity contribution in [2.24, 2.45) is 0 Å². The van der Waals surface area contributed by atoms with Crippen molar-refractivity contribution in [1.82, 2.24) is 4.98 Å². The zero-order chi connectivity index (χ0) is 18.7. The number of rotatable bonds is 6. The lowest BCUT2D eigenvalue weighted by Crippen LogP contribution is -2.29. The number of methoxy groups -OCH3 is 1. The van der Waals surface area contributed by atoms with E-state index in [1.54, 1.807) is 36.3 Å². The van der Waals surface area contributed by atoms with Gasteiger partial charge in [0.25, 0.3) is 0 Å². The van der Waals surface area contributed by atoms with E-state index >= 15 is 0 Å². The van der Waals surface area contributed by atoms with Gasteiger partial charge in [0, 0.05) is 18.3 Å². The summed E-state index contributed by atoms with van der Waals surface area (Å²) < 4.78 is 6.34. The molecule has 134 valence electrons. The maximum absolute atomic E-state index is 12.3. The lowest BCUT2D eigenvalue weighted by molar-refractivity contribution is -0.114. The fourth-order valence-corrected chi connectivity index (χ4v) is 3.45. The summed E-state index contributed by atoms with van der Waals surface area (Å²) in [7, 11) is 3.44. The molecule has 0 aliphatic carbocycles. The first-order valence-corrected chi connectivity index (χ1v) is 8.85. The number of hydrogen-bond acceptors (Lipinski definition) is 6. The quantitative estimate of drug-likeness (QED) is 0.673. The maximum atomic E-state index is 12.3. The summed E-state index contributed by atoms with van der Waals surface area (Å²) in [6, 6.07) is 12.6. The predicted molar refractivity (Wildman–Crippen MR) is 105 cm³/mol. The fraction of sp³-hybridized carbons (Fsp3) is 0.211. The third-order valence-corrected chi connectivity index (χ3v) is 5.01. The molecule has 2 aromatic carbocycles. The second kappa shape index (κ2) is 7.53. The molecule has 0 unspecified atom stereocenters. The molecule has 0 aliphatic heterocycles. The minimum absolute atomic E-state index is 0.00567. The Labute approximate surface area is 155 Å². The number of hydrogen-bond donors (Lipinski definition) is 1. The van der Waals surface area contributed by atoms with Gasteiger partial charge in [0.1, 0.15) is 11.3 Å². The summed E-state index contributed by atoms with van der Waals surface area (Å²) in [5.74, 6) is 0.552. The number of nitrogens with one attached hydrogen (secondary N) is 1. The van der Waals surface area contributed by atoms with Crippen LogP contribution in [-0.2, 0) is 4.79 Å². The molecule has 0 saturated heterocycles. The van der Waals surface area contributed by atoms with Gasteiger partial charge < -0.3 is 15.0 Å². The number of fused-ring (bicyclic) bond motifs is 1. The molecule has 0 bridgehead atoms. The largest absolute Gasteiger partial charge is 0.494 e. The van der Waals surface area contributed by atoms with Gasteiger partial charge in [0.05, 0.1) is 18.4 Å². The van der Waals surface area contributed by atoms with Crippen molar-refractivity contribution in [1.29, 1.82) is 0 Å². The van der Waals surface area contributed by atoms with Crippen LogP contribution >= 0.6 is 11.3 Å². The number of carbonyl (C=O) groups is 2. The normalized spacial score (nSPS) is 10.6. The summed E-state index contributed by atoms with van der Waals surface area (Å²) in [6.45, 7) is 1.67. The zero-order valence-corrected chi connectivity index (χ0v) is 15.6. The van der Waals surface area contributed by atoms with Crippen molar-refractivity contribution in [2.75, 3.05) is 30.9 Å². The average Bonchev–Trinajstić information content (AvgIpc) is 3.06. The molecule has 0 saturated carbocycles. The molecule has 1 heterocycles. The summed E-state index contributed by atoms with van der Waals surface area (Å²) >= 11 is 1.51. The van der Waals surface area contributed by atoms with Gasteiger partial charge in [-0.2, -0.15) is 0 Å². The van der Waals surface area contributed by atoms with Gasteiger partial charge >= 0.3 is 0 Å². The number of Topliss-reactive ketones (excluding diaryl/α,β-unsaturated/α-hetero) is 1. The van der Waals surface area contributed by atoms with Crippen LogP contribution < -0.4 is 15.0 Å². The van der Waals surface area contributed by atoms with Crippen LogP contribution in [0.1, 0.15) is 17.3 Å². The molecule has 26 heavy (non-hydrogen) atoms. The number of ketones is 1. The minimum atomic E-state index is -0.158. The molecule has 0 atom stereocenters. The summed E-state index contributed by atoms with van der Waals surface area (Å²) in [5.41, 5.74) is 2.06. The second-order valence-electron chi connectivity index (χ2n) is 5.84.